The zero-order valence-electron chi connectivity index (χ0n) is 10.6. The summed E-state index contributed by atoms with van der Waals surface area (Å²) >= 11 is 0. The van der Waals surface area contributed by atoms with Gasteiger partial charge < -0.3 is 10.4 Å². The molecule has 1 aromatic carbocycles. The average Bonchev–Trinajstić information content (AvgIpc) is 2.43. The summed E-state index contributed by atoms with van der Waals surface area (Å²) in [6.45, 7) is 1.61. The first-order valence-corrected chi connectivity index (χ1v) is 5.75. The molecule has 0 radical (unpaired) electrons. The predicted molar refractivity (Wildman–Crippen MR) is 70.3 cm³/mol. The van der Waals surface area contributed by atoms with Crippen molar-refractivity contribution in [3.8, 4) is 0 Å². The minimum atomic E-state index is -1.22. The second-order valence-electron chi connectivity index (χ2n) is 4.13. The quantitative estimate of drug-likeness (QED) is 0.901. The number of aryl methyl sites for hydroxylation is 1. The Kier molecular flexibility index (Phi) is 3.74. The lowest BCUT2D eigenvalue weighted by atomic mass is 10.2. The number of amides is 1. The smallest absolute Gasteiger partial charge is 0.354 e. The highest BCUT2D eigenvalue weighted by Gasteiger charge is 2.12. The van der Waals surface area contributed by atoms with Crippen LogP contribution in [0.5, 0.6) is 0 Å². The van der Waals surface area contributed by atoms with E-state index >= 15 is 0 Å². The largest absolute Gasteiger partial charge is 0.477 e. The Bertz CT molecular complexity index is 686. The fourth-order valence-electron chi connectivity index (χ4n) is 1.55. The van der Waals surface area contributed by atoms with Crippen molar-refractivity contribution in [3.05, 3.63) is 59.2 Å². The zero-order valence-corrected chi connectivity index (χ0v) is 10.6. The number of rotatable bonds is 3. The van der Waals surface area contributed by atoms with E-state index in [1.165, 1.54) is 30.3 Å². The van der Waals surface area contributed by atoms with Crippen LogP contribution in [-0.4, -0.2) is 22.0 Å². The summed E-state index contributed by atoms with van der Waals surface area (Å²) in [7, 11) is 0. The van der Waals surface area contributed by atoms with E-state index in [0.717, 1.165) is 0 Å². The van der Waals surface area contributed by atoms with Crippen LogP contribution in [0, 0.1) is 12.7 Å². The second-order valence-corrected chi connectivity index (χ2v) is 4.13. The second kappa shape index (κ2) is 5.48. The van der Waals surface area contributed by atoms with E-state index in [2.05, 4.69) is 10.3 Å². The number of aromatic carboxylic acids is 1. The van der Waals surface area contributed by atoms with Crippen LogP contribution in [0.25, 0.3) is 0 Å². The summed E-state index contributed by atoms with van der Waals surface area (Å²) < 4.78 is 13.4. The summed E-state index contributed by atoms with van der Waals surface area (Å²) in [6.07, 6.45) is 0. The van der Waals surface area contributed by atoms with Gasteiger partial charge in [-0.05, 0) is 36.8 Å². The van der Waals surface area contributed by atoms with Gasteiger partial charge in [0.2, 0.25) is 0 Å². The molecule has 20 heavy (non-hydrogen) atoms. The summed E-state index contributed by atoms with van der Waals surface area (Å²) in [5.41, 5.74) is 0.466. The molecule has 0 fully saturated rings. The summed E-state index contributed by atoms with van der Waals surface area (Å²) in [6, 6.07) is 8.36. The third-order valence-corrected chi connectivity index (χ3v) is 2.63. The summed E-state index contributed by atoms with van der Waals surface area (Å²) in [5, 5.41) is 11.3. The minimum Gasteiger partial charge on any atom is -0.477 e. The van der Waals surface area contributed by atoms with Crippen LogP contribution in [0.2, 0.25) is 0 Å². The number of carbonyl (C=O) groups is 2. The van der Waals surface area contributed by atoms with Crippen molar-refractivity contribution in [2.75, 3.05) is 5.32 Å². The van der Waals surface area contributed by atoms with Gasteiger partial charge in [-0.15, -0.1) is 0 Å². The number of hydrogen-bond acceptors (Lipinski definition) is 3. The van der Waals surface area contributed by atoms with Crippen LogP contribution in [0.4, 0.5) is 10.1 Å². The Balaban J connectivity index is 2.21. The molecule has 0 spiro atoms. The lowest BCUT2D eigenvalue weighted by Gasteiger charge is -2.06. The number of anilines is 1. The fraction of sp³-hybridized carbons (Fsp3) is 0.0714. The first-order chi connectivity index (χ1) is 9.47. The van der Waals surface area contributed by atoms with Gasteiger partial charge in [-0.1, -0.05) is 12.1 Å². The third-order valence-electron chi connectivity index (χ3n) is 2.63. The van der Waals surface area contributed by atoms with Crippen LogP contribution >= 0.6 is 0 Å². The van der Waals surface area contributed by atoms with E-state index < -0.39 is 17.7 Å². The molecule has 0 bridgehead atoms. The highest BCUT2D eigenvalue weighted by Crippen LogP contribution is 2.14. The third kappa shape index (κ3) is 2.97. The van der Waals surface area contributed by atoms with E-state index in [9.17, 15) is 14.0 Å². The molecule has 2 rings (SSSR count). The van der Waals surface area contributed by atoms with Crippen molar-refractivity contribution in [1.82, 2.24) is 4.98 Å². The maximum Gasteiger partial charge on any atom is 0.354 e. The normalized spacial score (nSPS) is 10.1. The fourth-order valence-corrected chi connectivity index (χ4v) is 1.55. The Morgan fingerprint density at radius 1 is 1.20 bits per heavy atom. The number of benzene rings is 1. The van der Waals surface area contributed by atoms with Gasteiger partial charge in [0.15, 0.2) is 0 Å². The Hall–Kier alpha value is -2.76. The van der Waals surface area contributed by atoms with Crippen molar-refractivity contribution < 1.29 is 19.1 Å². The van der Waals surface area contributed by atoms with Gasteiger partial charge in [0.05, 0.1) is 0 Å². The van der Waals surface area contributed by atoms with Gasteiger partial charge in [-0.3, -0.25) is 4.79 Å². The maximum atomic E-state index is 13.4. The van der Waals surface area contributed by atoms with Gasteiger partial charge in [-0.25, -0.2) is 14.2 Å². The number of halogens is 1. The molecule has 1 aromatic heterocycles. The van der Waals surface area contributed by atoms with Crippen molar-refractivity contribution in [2.24, 2.45) is 0 Å². The molecule has 2 aromatic rings. The molecular formula is C14H11FN2O3. The Morgan fingerprint density at radius 3 is 2.55 bits per heavy atom. The summed E-state index contributed by atoms with van der Waals surface area (Å²) in [4.78, 5) is 26.4. The summed E-state index contributed by atoms with van der Waals surface area (Å²) in [5.74, 6) is -2.26. The van der Waals surface area contributed by atoms with E-state index in [0.29, 0.717) is 5.56 Å². The van der Waals surface area contributed by atoms with Gasteiger partial charge in [0.25, 0.3) is 5.91 Å². The van der Waals surface area contributed by atoms with E-state index in [1.54, 1.807) is 13.0 Å². The van der Waals surface area contributed by atoms with E-state index in [4.69, 9.17) is 5.11 Å². The lowest BCUT2D eigenvalue weighted by Crippen LogP contribution is -2.15. The lowest BCUT2D eigenvalue weighted by molar-refractivity contribution is 0.0690. The molecular weight excluding hydrogens is 263 g/mol. The first kappa shape index (κ1) is 13.7. The maximum absolute atomic E-state index is 13.4. The number of carboxylic acids is 1. The molecule has 0 aliphatic rings. The number of hydrogen-bond donors (Lipinski definition) is 2. The number of nitrogens with one attached hydrogen (secondary N) is 1. The van der Waals surface area contributed by atoms with Gasteiger partial charge in [-0.2, -0.15) is 0 Å². The molecule has 0 atom stereocenters. The molecule has 102 valence electrons. The standard InChI is InChI=1S/C14H11FN2O3/c1-8-5-6-9(7-10(8)15)16-13(18)11-3-2-4-12(17-11)14(19)20/h2-7H,1H3,(H,16,18)(H,19,20). The van der Waals surface area contributed by atoms with Crippen molar-refractivity contribution in [2.45, 2.75) is 6.92 Å². The molecule has 0 aliphatic heterocycles. The molecule has 1 amide bonds. The predicted octanol–water partition coefficient (Wildman–Crippen LogP) is 2.48. The average molecular weight is 274 g/mol. The number of nitrogens with zero attached hydrogens (tertiary/aromatic N) is 1. The highest BCUT2D eigenvalue weighted by molar-refractivity contribution is 6.03. The van der Waals surface area contributed by atoms with Crippen molar-refractivity contribution in [1.29, 1.82) is 0 Å². The monoisotopic (exact) mass is 274 g/mol. The highest BCUT2D eigenvalue weighted by atomic mass is 19.1. The van der Waals surface area contributed by atoms with Crippen molar-refractivity contribution in [3.63, 3.8) is 0 Å². The van der Waals surface area contributed by atoms with Crippen LogP contribution in [0.1, 0.15) is 26.5 Å². The molecule has 2 N–H and O–H groups in total. The molecule has 5 nitrogen and oxygen atoms in total. The number of carboxylic acid groups (broad SMARTS) is 1. The molecule has 0 aliphatic carbocycles. The number of carbonyl (C=O) groups excluding carboxylic acids is 1. The Morgan fingerprint density at radius 2 is 1.90 bits per heavy atom. The topological polar surface area (TPSA) is 79.3 Å². The SMILES string of the molecule is Cc1ccc(NC(=O)c2cccc(C(=O)O)n2)cc1F. The Labute approximate surface area is 114 Å². The van der Waals surface area contributed by atoms with Crippen LogP contribution in [0.15, 0.2) is 36.4 Å². The van der Waals surface area contributed by atoms with E-state index in [-0.39, 0.29) is 17.1 Å². The minimum absolute atomic E-state index is 0.0501. The van der Waals surface area contributed by atoms with Crippen LogP contribution in [0.3, 0.4) is 0 Å². The van der Waals surface area contributed by atoms with Crippen molar-refractivity contribution >= 4 is 17.6 Å². The van der Waals surface area contributed by atoms with Crippen LogP contribution in [-0.2, 0) is 0 Å². The zero-order chi connectivity index (χ0) is 14.7. The molecule has 0 saturated heterocycles. The molecule has 0 unspecified atom stereocenters. The number of pyridine rings is 1. The first-order valence-electron chi connectivity index (χ1n) is 5.75. The van der Waals surface area contributed by atoms with E-state index in [1.807, 2.05) is 0 Å². The molecule has 0 saturated carbocycles. The number of aromatic nitrogens is 1. The van der Waals surface area contributed by atoms with Gasteiger partial charge in [0, 0.05) is 5.69 Å². The van der Waals surface area contributed by atoms with Gasteiger partial charge >= 0.3 is 5.97 Å². The molecule has 6 heteroatoms. The molecule has 1 heterocycles. The van der Waals surface area contributed by atoms with Crippen LogP contribution < -0.4 is 5.32 Å². The van der Waals surface area contributed by atoms with Gasteiger partial charge in [0.1, 0.15) is 17.2 Å².